The fourth-order valence-electron chi connectivity index (χ4n) is 4.64. The molecule has 27 heavy (non-hydrogen) atoms. The van der Waals surface area contributed by atoms with Crippen LogP contribution in [0.5, 0.6) is 0 Å². The average Bonchev–Trinajstić information content (AvgIpc) is 2.77. The van der Waals surface area contributed by atoms with Crippen LogP contribution in [0.15, 0.2) is 23.0 Å². The molecule has 0 spiro atoms. The molecule has 0 unspecified atom stereocenters. The lowest BCUT2D eigenvalue weighted by atomic mass is 9.62. The van der Waals surface area contributed by atoms with Crippen LogP contribution in [-0.2, 0) is 14.4 Å². The highest BCUT2D eigenvalue weighted by Crippen LogP contribution is 2.62. The summed E-state index contributed by atoms with van der Waals surface area (Å²) < 4.78 is 0. The normalized spacial score (nSPS) is 31.9. The first kappa shape index (κ1) is 21.5. The van der Waals surface area contributed by atoms with Gasteiger partial charge in [0.2, 0.25) is 0 Å². The summed E-state index contributed by atoms with van der Waals surface area (Å²) in [6.45, 7) is 12.0. The van der Waals surface area contributed by atoms with Crippen LogP contribution in [0.4, 0.5) is 0 Å². The number of ketones is 3. The smallest absolute Gasteiger partial charge is 0.183 e. The van der Waals surface area contributed by atoms with Crippen molar-refractivity contribution in [2.45, 2.75) is 73.3 Å². The number of rotatable bonds is 6. The molecule has 2 N–H and O–H groups in total. The first-order chi connectivity index (χ1) is 12.2. The summed E-state index contributed by atoms with van der Waals surface area (Å²) in [6.07, 6.45) is 2.74. The van der Waals surface area contributed by atoms with Crippen LogP contribution in [0.2, 0.25) is 0 Å². The number of carbonyl (C=O) groups is 3. The topological polar surface area (TPSA) is 91.7 Å². The van der Waals surface area contributed by atoms with Crippen LogP contribution >= 0.6 is 0 Å². The van der Waals surface area contributed by atoms with E-state index < -0.39 is 45.6 Å². The maximum absolute atomic E-state index is 13.5. The van der Waals surface area contributed by atoms with E-state index in [0.717, 1.165) is 5.57 Å². The number of fused-ring (bicyclic) bond motifs is 2. The van der Waals surface area contributed by atoms with Gasteiger partial charge in [0.15, 0.2) is 17.3 Å². The molecular formula is C22H32O5. The SMILES string of the molecule is CC[C@@H](C)C(=O)C1=C(O)[C@@]2(CC=C(C)C)C[C@@H](C(C)(C)O)[C@@](C)(C1=O)C2=O. The Morgan fingerprint density at radius 2 is 1.89 bits per heavy atom. The molecule has 0 heterocycles. The maximum Gasteiger partial charge on any atom is 0.183 e. The summed E-state index contributed by atoms with van der Waals surface area (Å²) in [5.41, 5.74) is -3.41. The monoisotopic (exact) mass is 376 g/mol. The van der Waals surface area contributed by atoms with Gasteiger partial charge in [-0.3, -0.25) is 14.4 Å². The second kappa shape index (κ2) is 6.69. The maximum atomic E-state index is 13.5. The molecule has 2 aliphatic carbocycles. The fourth-order valence-corrected chi connectivity index (χ4v) is 4.64. The number of allylic oxidation sites excluding steroid dienone is 4. The molecule has 4 atom stereocenters. The van der Waals surface area contributed by atoms with Crippen molar-refractivity contribution in [3.8, 4) is 0 Å². The molecule has 150 valence electrons. The third-order valence-corrected chi connectivity index (χ3v) is 6.56. The van der Waals surface area contributed by atoms with Crippen molar-refractivity contribution < 1.29 is 24.6 Å². The van der Waals surface area contributed by atoms with E-state index in [4.69, 9.17) is 0 Å². The van der Waals surface area contributed by atoms with Gasteiger partial charge < -0.3 is 10.2 Å². The Kier molecular flexibility index (Phi) is 5.34. The van der Waals surface area contributed by atoms with Gasteiger partial charge in [-0.15, -0.1) is 0 Å². The lowest BCUT2D eigenvalue weighted by molar-refractivity contribution is -0.147. The molecule has 0 radical (unpaired) electrons. The summed E-state index contributed by atoms with van der Waals surface area (Å²) in [5, 5.41) is 21.8. The Labute approximate surface area is 161 Å². The van der Waals surface area contributed by atoms with Crippen LogP contribution in [-0.4, -0.2) is 33.2 Å². The van der Waals surface area contributed by atoms with E-state index in [1.165, 1.54) is 6.92 Å². The average molecular weight is 376 g/mol. The molecule has 2 rings (SSSR count). The number of aliphatic hydroxyl groups is 2. The van der Waals surface area contributed by atoms with Gasteiger partial charge in [0.25, 0.3) is 0 Å². The van der Waals surface area contributed by atoms with E-state index in [-0.39, 0.29) is 24.2 Å². The number of Topliss-reactive ketones (excluding diaryl/α,β-unsaturated/α-hetero) is 3. The van der Waals surface area contributed by atoms with Crippen molar-refractivity contribution in [2.75, 3.05) is 0 Å². The number of hydrogen-bond acceptors (Lipinski definition) is 5. The van der Waals surface area contributed by atoms with E-state index in [0.29, 0.717) is 6.42 Å². The molecule has 2 bridgehead atoms. The quantitative estimate of drug-likeness (QED) is 0.419. The number of carbonyl (C=O) groups excluding carboxylic acids is 3. The van der Waals surface area contributed by atoms with Crippen molar-refractivity contribution in [3.63, 3.8) is 0 Å². The minimum atomic E-state index is -1.52. The van der Waals surface area contributed by atoms with Gasteiger partial charge in [-0.1, -0.05) is 25.5 Å². The first-order valence-electron chi connectivity index (χ1n) is 9.68. The number of hydrogen-bond donors (Lipinski definition) is 2. The third kappa shape index (κ3) is 3.00. The molecule has 5 heteroatoms. The molecule has 0 aliphatic heterocycles. The van der Waals surface area contributed by atoms with Gasteiger partial charge in [-0.05, 0) is 53.9 Å². The van der Waals surface area contributed by atoms with E-state index in [1.807, 2.05) is 26.8 Å². The van der Waals surface area contributed by atoms with Crippen LogP contribution in [0.1, 0.15) is 67.7 Å². The van der Waals surface area contributed by atoms with Crippen LogP contribution in [0, 0.1) is 22.7 Å². The second-order valence-electron chi connectivity index (χ2n) is 9.24. The van der Waals surface area contributed by atoms with Gasteiger partial charge in [0.1, 0.15) is 11.3 Å². The van der Waals surface area contributed by atoms with E-state index in [1.54, 1.807) is 20.8 Å². The van der Waals surface area contributed by atoms with Crippen LogP contribution in [0.3, 0.4) is 0 Å². The minimum absolute atomic E-state index is 0.143. The van der Waals surface area contributed by atoms with E-state index in [9.17, 15) is 24.6 Å². The Bertz CT molecular complexity index is 747. The third-order valence-electron chi connectivity index (χ3n) is 6.56. The Hall–Kier alpha value is -1.75. The summed E-state index contributed by atoms with van der Waals surface area (Å²) >= 11 is 0. The molecule has 1 saturated carbocycles. The molecule has 0 aromatic rings. The summed E-state index contributed by atoms with van der Waals surface area (Å²) in [4.78, 5) is 39.7. The lowest BCUT2D eigenvalue weighted by Crippen LogP contribution is -2.52. The Morgan fingerprint density at radius 1 is 1.33 bits per heavy atom. The first-order valence-corrected chi connectivity index (χ1v) is 9.68. The van der Waals surface area contributed by atoms with E-state index >= 15 is 0 Å². The standard InChI is InChI=1S/C22H32O5/c1-8-13(4)16(23)15-17(24)21(7)14(20(5,6)27)11-22(18(15)25,19(21)26)10-9-12(2)3/h9,13-14,25,27H,8,10-11H2,1-7H3/t13-,14+,21+,22-/m1/s1. The number of aliphatic hydroxyl groups excluding tert-OH is 1. The highest BCUT2D eigenvalue weighted by Gasteiger charge is 2.71. The second-order valence-corrected chi connectivity index (χ2v) is 9.24. The van der Waals surface area contributed by atoms with Crippen molar-refractivity contribution in [3.05, 3.63) is 23.0 Å². The largest absolute Gasteiger partial charge is 0.510 e. The summed E-state index contributed by atoms with van der Waals surface area (Å²) in [5.74, 6) is -2.96. The fraction of sp³-hybridized carbons (Fsp3) is 0.682. The van der Waals surface area contributed by atoms with Gasteiger partial charge in [-0.2, -0.15) is 0 Å². The Balaban J connectivity index is 2.79. The molecule has 0 saturated heterocycles. The predicted octanol–water partition coefficient (Wildman–Crippen LogP) is 3.71. The van der Waals surface area contributed by atoms with Crippen molar-refractivity contribution in [1.82, 2.24) is 0 Å². The van der Waals surface area contributed by atoms with Gasteiger partial charge in [-0.25, -0.2) is 0 Å². The summed E-state index contributed by atoms with van der Waals surface area (Å²) in [7, 11) is 0. The van der Waals surface area contributed by atoms with Gasteiger partial charge >= 0.3 is 0 Å². The zero-order valence-electron chi connectivity index (χ0n) is 17.5. The van der Waals surface area contributed by atoms with Crippen LogP contribution < -0.4 is 0 Å². The molecule has 0 amide bonds. The van der Waals surface area contributed by atoms with Crippen molar-refractivity contribution >= 4 is 17.3 Å². The zero-order chi connectivity index (χ0) is 20.9. The zero-order valence-corrected chi connectivity index (χ0v) is 17.5. The Morgan fingerprint density at radius 3 is 2.33 bits per heavy atom. The molecule has 0 aromatic heterocycles. The highest BCUT2D eigenvalue weighted by molar-refractivity contribution is 6.32. The predicted molar refractivity (Wildman–Crippen MR) is 103 cm³/mol. The molecule has 5 nitrogen and oxygen atoms in total. The van der Waals surface area contributed by atoms with E-state index in [2.05, 4.69) is 0 Å². The van der Waals surface area contributed by atoms with Crippen molar-refractivity contribution in [1.29, 1.82) is 0 Å². The molecule has 1 fully saturated rings. The molecule has 0 aromatic carbocycles. The lowest BCUT2D eigenvalue weighted by Gasteiger charge is -2.38. The van der Waals surface area contributed by atoms with Crippen molar-refractivity contribution in [2.24, 2.45) is 22.7 Å². The highest BCUT2D eigenvalue weighted by atomic mass is 16.3. The minimum Gasteiger partial charge on any atom is -0.510 e. The molecular weight excluding hydrogens is 344 g/mol. The molecule has 2 aliphatic rings. The summed E-state index contributed by atoms with van der Waals surface area (Å²) in [6, 6.07) is 0. The van der Waals surface area contributed by atoms with Gasteiger partial charge in [0, 0.05) is 11.8 Å². The van der Waals surface area contributed by atoms with Gasteiger partial charge in [0.05, 0.1) is 16.4 Å². The van der Waals surface area contributed by atoms with Crippen LogP contribution in [0.25, 0.3) is 0 Å².